The van der Waals surface area contributed by atoms with Gasteiger partial charge in [-0.2, -0.15) is 0 Å². The van der Waals surface area contributed by atoms with E-state index in [1.807, 2.05) is 13.8 Å². The van der Waals surface area contributed by atoms with Crippen LogP contribution in [0.15, 0.2) is 29.2 Å². The molecule has 0 radical (unpaired) electrons. The molecular formula is C22H26FN3O4. The highest BCUT2D eigenvalue weighted by atomic mass is 19.1. The molecular weight excluding hydrogens is 389 g/mol. The van der Waals surface area contributed by atoms with Crippen molar-refractivity contribution in [1.29, 1.82) is 0 Å². The lowest BCUT2D eigenvalue weighted by Crippen LogP contribution is -2.50. The molecule has 0 saturated carbocycles. The van der Waals surface area contributed by atoms with Gasteiger partial charge in [0.1, 0.15) is 6.61 Å². The molecule has 0 aliphatic rings. The van der Waals surface area contributed by atoms with Crippen LogP contribution in [0.25, 0.3) is 21.7 Å². The number of hydrogen-bond donors (Lipinski definition) is 2. The number of aromatic nitrogens is 2. The van der Waals surface area contributed by atoms with Crippen molar-refractivity contribution < 1.29 is 19.0 Å². The van der Waals surface area contributed by atoms with E-state index in [1.165, 1.54) is 17.7 Å². The van der Waals surface area contributed by atoms with Gasteiger partial charge >= 0.3 is 6.09 Å². The first-order chi connectivity index (χ1) is 14.0. The number of amides is 1. The summed E-state index contributed by atoms with van der Waals surface area (Å²) in [7, 11) is 1.51. The monoisotopic (exact) mass is 415 g/mol. The Balaban J connectivity index is 2.08. The fraction of sp³-hybridized carbons (Fsp3) is 0.409. The predicted octanol–water partition coefficient (Wildman–Crippen LogP) is 3.99. The summed E-state index contributed by atoms with van der Waals surface area (Å²) in [6, 6.07) is 4.91. The van der Waals surface area contributed by atoms with Gasteiger partial charge in [-0.1, -0.05) is 13.8 Å². The van der Waals surface area contributed by atoms with E-state index in [9.17, 15) is 9.59 Å². The number of rotatable bonds is 6. The van der Waals surface area contributed by atoms with Gasteiger partial charge < -0.3 is 19.7 Å². The van der Waals surface area contributed by atoms with Crippen molar-refractivity contribution in [3.8, 4) is 5.75 Å². The lowest BCUT2D eigenvalue weighted by Gasteiger charge is -2.31. The quantitative estimate of drug-likeness (QED) is 0.594. The van der Waals surface area contributed by atoms with Crippen molar-refractivity contribution >= 4 is 27.8 Å². The first-order valence-electron chi connectivity index (χ1n) is 9.74. The predicted molar refractivity (Wildman–Crippen MR) is 114 cm³/mol. The van der Waals surface area contributed by atoms with Gasteiger partial charge in [0, 0.05) is 18.6 Å². The summed E-state index contributed by atoms with van der Waals surface area (Å²) < 4.78 is 22.4. The summed E-state index contributed by atoms with van der Waals surface area (Å²) in [6.45, 7) is 7.35. The highest BCUT2D eigenvalue weighted by Crippen LogP contribution is 2.31. The number of hydrogen-bond acceptors (Lipinski definition) is 4. The summed E-state index contributed by atoms with van der Waals surface area (Å²) in [6.07, 6.45) is 0.941. The average Bonchev–Trinajstić information content (AvgIpc) is 2.63. The van der Waals surface area contributed by atoms with Crippen LogP contribution in [0.3, 0.4) is 0 Å². The third-order valence-corrected chi connectivity index (χ3v) is 5.18. The lowest BCUT2D eigenvalue weighted by atomic mass is 9.91. The molecule has 2 aromatic heterocycles. The lowest BCUT2D eigenvalue weighted by molar-refractivity contribution is 0.141. The minimum absolute atomic E-state index is 0.0372. The van der Waals surface area contributed by atoms with Crippen molar-refractivity contribution in [1.82, 2.24) is 14.9 Å². The average molecular weight is 415 g/mol. The molecule has 2 heterocycles. The Bertz CT molecular complexity index is 1190. The van der Waals surface area contributed by atoms with Gasteiger partial charge in [-0.05, 0) is 49.8 Å². The van der Waals surface area contributed by atoms with Gasteiger partial charge in [-0.3, -0.25) is 9.78 Å². The maximum absolute atomic E-state index is 15.4. The molecule has 8 heteroatoms. The van der Waals surface area contributed by atoms with Crippen molar-refractivity contribution in [2.75, 3.05) is 6.61 Å². The first-order valence-corrected chi connectivity index (χ1v) is 9.74. The minimum atomic E-state index is -1.17. The number of carbonyl (C=O) groups is 1. The van der Waals surface area contributed by atoms with Crippen LogP contribution in [0.5, 0.6) is 5.75 Å². The molecule has 0 aliphatic heterocycles. The topological polar surface area (TPSA) is 93.5 Å². The number of halogens is 1. The Labute approximate surface area is 173 Å². The number of carboxylic acid groups (broad SMARTS) is 1. The highest BCUT2D eigenvalue weighted by molar-refractivity contribution is 6.06. The summed E-state index contributed by atoms with van der Waals surface area (Å²) in [5.41, 5.74) is -0.511. The molecule has 160 valence electrons. The van der Waals surface area contributed by atoms with Crippen LogP contribution >= 0.6 is 0 Å². The molecule has 0 saturated heterocycles. The van der Waals surface area contributed by atoms with Crippen molar-refractivity contribution in [3.05, 3.63) is 46.3 Å². The van der Waals surface area contributed by atoms with Gasteiger partial charge in [0.25, 0.3) is 5.56 Å². The fourth-order valence-corrected chi connectivity index (χ4v) is 4.08. The molecule has 3 aromatic rings. The van der Waals surface area contributed by atoms with Crippen LogP contribution in [0, 0.1) is 18.7 Å². The van der Waals surface area contributed by atoms with Gasteiger partial charge in [-0.25, -0.2) is 9.18 Å². The van der Waals surface area contributed by atoms with Gasteiger partial charge in [0.05, 0.1) is 22.1 Å². The number of fused-ring (bicyclic) bond motifs is 3. The number of ether oxygens (including phenoxy) is 1. The van der Waals surface area contributed by atoms with Crippen LogP contribution in [0.4, 0.5) is 9.18 Å². The minimum Gasteiger partial charge on any atom is -0.488 e. The first kappa shape index (κ1) is 21.5. The van der Waals surface area contributed by atoms with E-state index in [0.717, 1.165) is 0 Å². The summed E-state index contributed by atoms with van der Waals surface area (Å²) >= 11 is 0. The molecule has 1 unspecified atom stereocenters. The standard InChI is InChI=1S/C22H26FN3O4/c1-12(2)10-22(4,25-21(28)29)11-30-16-7-6-15-14-8-9-24-13(3)17(14)20(27)26(5)19(15)18(16)23/h6-9,12,25H,10-11H2,1-5H3,(H,28,29). The molecule has 1 amide bonds. The Morgan fingerprint density at radius 1 is 1.33 bits per heavy atom. The third-order valence-electron chi connectivity index (χ3n) is 5.18. The summed E-state index contributed by atoms with van der Waals surface area (Å²) in [4.78, 5) is 28.2. The van der Waals surface area contributed by atoms with E-state index < -0.39 is 17.4 Å². The zero-order valence-corrected chi connectivity index (χ0v) is 17.7. The zero-order valence-electron chi connectivity index (χ0n) is 17.7. The van der Waals surface area contributed by atoms with E-state index >= 15 is 4.39 Å². The maximum Gasteiger partial charge on any atom is 0.405 e. The normalized spacial score (nSPS) is 13.6. The van der Waals surface area contributed by atoms with E-state index in [4.69, 9.17) is 9.84 Å². The number of nitrogens with one attached hydrogen (secondary N) is 1. The SMILES string of the molecule is Cc1nccc2c1c(=O)n(C)c1c(F)c(OCC(C)(CC(C)C)NC(=O)O)ccc21. The molecule has 30 heavy (non-hydrogen) atoms. The highest BCUT2D eigenvalue weighted by Gasteiger charge is 2.29. The third kappa shape index (κ3) is 3.94. The fourth-order valence-electron chi connectivity index (χ4n) is 4.08. The van der Waals surface area contributed by atoms with E-state index in [0.29, 0.717) is 28.3 Å². The second-order valence-electron chi connectivity index (χ2n) is 8.33. The largest absolute Gasteiger partial charge is 0.488 e. The summed E-state index contributed by atoms with van der Waals surface area (Å²) in [5, 5.41) is 13.3. The smallest absolute Gasteiger partial charge is 0.405 e. The second kappa shape index (κ2) is 7.93. The van der Waals surface area contributed by atoms with Crippen molar-refractivity contribution in [2.45, 2.75) is 39.7 Å². The molecule has 0 aliphatic carbocycles. The van der Waals surface area contributed by atoms with E-state index in [1.54, 1.807) is 32.2 Å². The van der Waals surface area contributed by atoms with Crippen LogP contribution < -0.4 is 15.6 Å². The van der Waals surface area contributed by atoms with Gasteiger partial charge in [-0.15, -0.1) is 0 Å². The Morgan fingerprint density at radius 2 is 2.03 bits per heavy atom. The molecule has 1 aromatic carbocycles. The van der Waals surface area contributed by atoms with Crippen molar-refractivity contribution in [2.24, 2.45) is 13.0 Å². The Kier molecular flexibility index (Phi) is 5.70. The van der Waals surface area contributed by atoms with E-state index in [-0.39, 0.29) is 29.4 Å². The molecule has 0 fully saturated rings. The second-order valence-corrected chi connectivity index (χ2v) is 8.33. The van der Waals surface area contributed by atoms with Crippen LogP contribution in [0.2, 0.25) is 0 Å². The molecule has 0 spiro atoms. The number of benzene rings is 1. The van der Waals surface area contributed by atoms with Crippen LogP contribution in [-0.2, 0) is 7.05 Å². The molecule has 7 nitrogen and oxygen atoms in total. The Morgan fingerprint density at radius 3 is 2.67 bits per heavy atom. The van der Waals surface area contributed by atoms with Gasteiger partial charge in [0.2, 0.25) is 0 Å². The number of aryl methyl sites for hydroxylation is 2. The molecule has 2 N–H and O–H groups in total. The number of nitrogens with zero attached hydrogens (tertiary/aromatic N) is 2. The van der Waals surface area contributed by atoms with E-state index in [2.05, 4.69) is 10.3 Å². The Hall–Kier alpha value is -3.16. The summed E-state index contributed by atoms with van der Waals surface area (Å²) in [5.74, 6) is -0.494. The van der Waals surface area contributed by atoms with Crippen LogP contribution in [-0.4, -0.2) is 32.9 Å². The van der Waals surface area contributed by atoms with Crippen LogP contribution in [0.1, 0.15) is 32.9 Å². The van der Waals surface area contributed by atoms with Crippen molar-refractivity contribution in [3.63, 3.8) is 0 Å². The van der Waals surface area contributed by atoms with Gasteiger partial charge in [0.15, 0.2) is 11.6 Å². The number of pyridine rings is 2. The maximum atomic E-state index is 15.4. The molecule has 3 rings (SSSR count). The zero-order chi connectivity index (χ0) is 22.2. The molecule has 1 atom stereocenters. The molecule has 0 bridgehead atoms.